The second kappa shape index (κ2) is 4.12. The third-order valence-electron chi connectivity index (χ3n) is 5.60. The molecule has 1 aromatic rings. The maximum absolute atomic E-state index is 5.68. The van der Waals surface area contributed by atoms with E-state index in [1.54, 1.807) is 6.20 Å². The van der Waals surface area contributed by atoms with Crippen LogP contribution in [-0.4, -0.2) is 11.5 Å². The summed E-state index contributed by atoms with van der Waals surface area (Å²) in [7, 11) is 0. The van der Waals surface area contributed by atoms with Crippen molar-refractivity contribution in [2.24, 2.45) is 23.2 Å². The highest BCUT2D eigenvalue weighted by molar-refractivity contribution is 5.43. The Bertz CT molecular complexity index is 430. The molecule has 0 aromatic carbocycles. The summed E-state index contributed by atoms with van der Waals surface area (Å²) in [6.07, 6.45) is 10.6. The number of nitrogens with two attached hydrogens (primary N) is 1. The van der Waals surface area contributed by atoms with E-state index < -0.39 is 0 Å². The third kappa shape index (κ3) is 2.09. The van der Waals surface area contributed by atoms with Gasteiger partial charge in [0, 0.05) is 6.54 Å². The Kier molecular flexibility index (Phi) is 2.51. The number of nitrogens with one attached hydrogen (secondary N) is 1. The lowest BCUT2D eigenvalue weighted by atomic mass is 9.49. The minimum Gasteiger partial charge on any atom is -0.397 e. The summed E-state index contributed by atoms with van der Waals surface area (Å²) in [4.78, 5) is 4.36. The summed E-state index contributed by atoms with van der Waals surface area (Å²) in [6, 6.07) is 3.92. The van der Waals surface area contributed by atoms with Gasteiger partial charge in [-0.05, 0) is 73.8 Å². The van der Waals surface area contributed by atoms with Crippen molar-refractivity contribution in [3.8, 4) is 0 Å². The van der Waals surface area contributed by atoms with Crippen molar-refractivity contribution in [2.45, 2.75) is 38.5 Å². The zero-order chi connectivity index (χ0) is 12.9. The Hall–Kier alpha value is -1.25. The van der Waals surface area contributed by atoms with E-state index >= 15 is 0 Å². The summed E-state index contributed by atoms with van der Waals surface area (Å²) >= 11 is 0. The average Bonchev–Trinajstić information content (AvgIpc) is 2.36. The monoisotopic (exact) mass is 257 g/mol. The van der Waals surface area contributed by atoms with Crippen LogP contribution < -0.4 is 11.1 Å². The van der Waals surface area contributed by atoms with E-state index in [0.717, 1.165) is 35.8 Å². The molecule has 4 aliphatic carbocycles. The van der Waals surface area contributed by atoms with E-state index in [-0.39, 0.29) is 0 Å². The predicted octanol–water partition coefficient (Wildman–Crippen LogP) is 3.29. The molecule has 0 saturated heterocycles. The van der Waals surface area contributed by atoms with Crippen LogP contribution in [0.25, 0.3) is 0 Å². The zero-order valence-electron chi connectivity index (χ0n) is 11.4. The number of anilines is 2. The smallest absolute Gasteiger partial charge is 0.126 e. The lowest BCUT2D eigenvalue weighted by molar-refractivity contribution is -0.0444. The van der Waals surface area contributed by atoms with E-state index in [1.165, 1.54) is 38.5 Å². The van der Waals surface area contributed by atoms with Gasteiger partial charge in [0.1, 0.15) is 5.82 Å². The van der Waals surface area contributed by atoms with Crippen LogP contribution in [0.5, 0.6) is 0 Å². The maximum atomic E-state index is 5.68. The third-order valence-corrected chi connectivity index (χ3v) is 5.60. The lowest BCUT2D eigenvalue weighted by Gasteiger charge is -2.57. The Morgan fingerprint density at radius 2 is 1.74 bits per heavy atom. The van der Waals surface area contributed by atoms with Crippen LogP contribution in [0.15, 0.2) is 18.3 Å². The Morgan fingerprint density at radius 3 is 2.26 bits per heavy atom. The minimum atomic E-state index is 0.567. The summed E-state index contributed by atoms with van der Waals surface area (Å²) in [6.45, 7) is 1.10. The van der Waals surface area contributed by atoms with Gasteiger partial charge in [0.25, 0.3) is 0 Å². The van der Waals surface area contributed by atoms with Crippen molar-refractivity contribution >= 4 is 11.5 Å². The van der Waals surface area contributed by atoms with Crippen molar-refractivity contribution in [2.75, 3.05) is 17.6 Å². The van der Waals surface area contributed by atoms with E-state index in [0.29, 0.717) is 5.41 Å². The van der Waals surface area contributed by atoms with Gasteiger partial charge in [-0.25, -0.2) is 4.98 Å². The van der Waals surface area contributed by atoms with E-state index in [1.807, 2.05) is 12.1 Å². The van der Waals surface area contributed by atoms with Crippen LogP contribution in [0.4, 0.5) is 11.5 Å². The molecule has 0 radical (unpaired) electrons. The first-order valence-corrected chi connectivity index (χ1v) is 7.66. The van der Waals surface area contributed by atoms with E-state index in [9.17, 15) is 0 Å². The van der Waals surface area contributed by atoms with Crippen LogP contribution in [0.1, 0.15) is 38.5 Å². The Labute approximate surface area is 115 Å². The Balaban J connectivity index is 1.46. The van der Waals surface area contributed by atoms with Crippen LogP contribution in [0, 0.1) is 23.2 Å². The molecule has 1 heterocycles. The SMILES string of the molecule is Nc1ccc(NCC23CC4CC(CC(C4)C2)C3)nc1. The summed E-state index contributed by atoms with van der Waals surface area (Å²) < 4.78 is 0. The number of nitrogens with zero attached hydrogens (tertiary/aromatic N) is 1. The highest BCUT2D eigenvalue weighted by Gasteiger charge is 2.50. The van der Waals surface area contributed by atoms with Gasteiger partial charge in [0.2, 0.25) is 0 Å². The highest BCUT2D eigenvalue weighted by Crippen LogP contribution is 2.59. The molecule has 5 rings (SSSR count). The topological polar surface area (TPSA) is 50.9 Å². The molecule has 0 aliphatic heterocycles. The number of aromatic nitrogens is 1. The fourth-order valence-electron chi connectivity index (χ4n) is 5.29. The minimum absolute atomic E-state index is 0.567. The fraction of sp³-hybridized carbons (Fsp3) is 0.688. The average molecular weight is 257 g/mol. The molecule has 0 amide bonds. The number of nitrogen functional groups attached to an aromatic ring is 1. The van der Waals surface area contributed by atoms with Gasteiger partial charge in [-0.3, -0.25) is 0 Å². The molecule has 4 fully saturated rings. The number of pyridine rings is 1. The van der Waals surface area contributed by atoms with Gasteiger partial charge < -0.3 is 11.1 Å². The predicted molar refractivity (Wildman–Crippen MR) is 77.7 cm³/mol. The van der Waals surface area contributed by atoms with Crippen molar-refractivity contribution < 1.29 is 0 Å². The molecular formula is C16H23N3. The van der Waals surface area contributed by atoms with Crippen molar-refractivity contribution in [1.82, 2.24) is 4.98 Å². The molecule has 3 nitrogen and oxygen atoms in total. The molecule has 1 aromatic heterocycles. The van der Waals surface area contributed by atoms with Gasteiger partial charge in [0.15, 0.2) is 0 Å². The van der Waals surface area contributed by atoms with Crippen LogP contribution in [0.3, 0.4) is 0 Å². The van der Waals surface area contributed by atoms with Gasteiger partial charge in [0.05, 0.1) is 11.9 Å². The first-order valence-electron chi connectivity index (χ1n) is 7.66. The van der Waals surface area contributed by atoms with Gasteiger partial charge in [-0.1, -0.05) is 0 Å². The van der Waals surface area contributed by atoms with Gasteiger partial charge in [-0.15, -0.1) is 0 Å². The fourth-order valence-corrected chi connectivity index (χ4v) is 5.29. The first kappa shape index (κ1) is 11.6. The molecule has 4 bridgehead atoms. The molecule has 102 valence electrons. The molecule has 0 spiro atoms. The molecule has 3 N–H and O–H groups in total. The quantitative estimate of drug-likeness (QED) is 0.873. The maximum Gasteiger partial charge on any atom is 0.126 e. The van der Waals surface area contributed by atoms with Crippen molar-refractivity contribution in [3.63, 3.8) is 0 Å². The van der Waals surface area contributed by atoms with Crippen molar-refractivity contribution in [1.29, 1.82) is 0 Å². The first-order chi connectivity index (χ1) is 9.21. The molecule has 4 aliphatic rings. The summed E-state index contributed by atoms with van der Waals surface area (Å²) in [5.74, 6) is 4.04. The number of hydrogen-bond acceptors (Lipinski definition) is 3. The number of hydrogen-bond donors (Lipinski definition) is 2. The lowest BCUT2D eigenvalue weighted by Crippen LogP contribution is -2.49. The molecule has 19 heavy (non-hydrogen) atoms. The Morgan fingerprint density at radius 1 is 1.11 bits per heavy atom. The normalized spacial score (nSPS) is 39.5. The molecule has 0 atom stereocenters. The van der Waals surface area contributed by atoms with Gasteiger partial charge in [-0.2, -0.15) is 0 Å². The van der Waals surface area contributed by atoms with Crippen LogP contribution in [0.2, 0.25) is 0 Å². The second-order valence-corrected chi connectivity index (χ2v) is 7.25. The molecule has 4 saturated carbocycles. The van der Waals surface area contributed by atoms with E-state index in [2.05, 4.69) is 10.3 Å². The van der Waals surface area contributed by atoms with Crippen LogP contribution >= 0.6 is 0 Å². The molecular weight excluding hydrogens is 234 g/mol. The zero-order valence-corrected chi connectivity index (χ0v) is 11.4. The number of rotatable bonds is 3. The summed E-state index contributed by atoms with van der Waals surface area (Å²) in [5.41, 5.74) is 6.98. The largest absolute Gasteiger partial charge is 0.397 e. The molecule has 0 unspecified atom stereocenters. The van der Waals surface area contributed by atoms with Crippen LogP contribution in [-0.2, 0) is 0 Å². The second-order valence-electron chi connectivity index (χ2n) is 7.25. The van der Waals surface area contributed by atoms with E-state index in [4.69, 9.17) is 5.73 Å². The standard InChI is InChI=1S/C16H23N3/c17-14-1-2-15(18-9-14)19-10-16-6-11-3-12(7-16)5-13(4-11)8-16/h1-2,9,11-13H,3-8,10,17H2,(H,18,19). The summed E-state index contributed by atoms with van der Waals surface area (Å²) in [5, 5.41) is 3.56. The molecule has 3 heteroatoms. The highest BCUT2D eigenvalue weighted by atomic mass is 15.0. The van der Waals surface area contributed by atoms with Crippen molar-refractivity contribution in [3.05, 3.63) is 18.3 Å². The van der Waals surface area contributed by atoms with Gasteiger partial charge >= 0.3 is 0 Å².